The van der Waals surface area contributed by atoms with Gasteiger partial charge >= 0.3 is 0 Å². The highest BCUT2D eigenvalue weighted by atomic mass is 79.9. The SMILES string of the molecule is CCC(C)c1nc2ccccc2n1CC(O)COc1ccc(Br)cc1. The second-order valence-electron chi connectivity index (χ2n) is 6.30. The Hall–Kier alpha value is -1.85. The molecule has 2 aromatic carbocycles. The fourth-order valence-corrected chi connectivity index (χ4v) is 3.10. The van der Waals surface area contributed by atoms with E-state index in [-0.39, 0.29) is 6.61 Å². The number of halogens is 1. The lowest BCUT2D eigenvalue weighted by Gasteiger charge is -2.17. The molecule has 1 N–H and O–H groups in total. The van der Waals surface area contributed by atoms with Crippen LogP contribution in [0.4, 0.5) is 0 Å². The zero-order valence-electron chi connectivity index (χ0n) is 14.5. The molecule has 2 atom stereocenters. The molecule has 0 spiro atoms. The predicted molar refractivity (Wildman–Crippen MR) is 104 cm³/mol. The fraction of sp³-hybridized carbons (Fsp3) is 0.350. The average Bonchev–Trinajstić information content (AvgIpc) is 2.99. The summed E-state index contributed by atoms with van der Waals surface area (Å²) in [5, 5.41) is 10.5. The molecule has 1 aromatic heterocycles. The molecule has 5 heteroatoms. The quantitative estimate of drug-likeness (QED) is 0.619. The Kier molecular flexibility index (Phi) is 5.76. The van der Waals surface area contributed by atoms with Gasteiger partial charge in [0.25, 0.3) is 0 Å². The largest absolute Gasteiger partial charge is 0.491 e. The maximum absolute atomic E-state index is 10.5. The first-order chi connectivity index (χ1) is 12.1. The van der Waals surface area contributed by atoms with Crippen LogP contribution in [-0.4, -0.2) is 27.4 Å². The Morgan fingerprint density at radius 2 is 1.88 bits per heavy atom. The lowest BCUT2D eigenvalue weighted by Crippen LogP contribution is -2.25. The summed E-state index contributed by atoms with van der Waals surface area (Å²) >= 11 is 3.40. The molecule has 0 fully saturated rings. The van der Waals surface area contributed by atoms with Crippen molar-refractivity contribution in [3.8, 4) is 5.75 Å². The molecular weight excluding hydrogens is 380 g/mol. The molecule has 0 saturated heterocycles. The van der Waals surface area contributed by atoms with Gasteiger partial charge in [-0.2, -0.15) is 0 Å². The standard InChI is InChI=1S/C20H23BrN2O2/c1-3-14(2)20-22-18-6-4-5-7-19(18)23(20)12-16(24)13-25-17-10-8-15(21)9-11-17/h4-11,14,16,24H,3,12-13H2,1-2H3. The second kappa shape index (κ2) is 8.02. The van der Waals surface area contributed by atoms with Crippen LogP contribution in [0.15, 0.2) is 53.0 Å². The van der Waals surface area contributed by atoms with E-state index in [4.69, 9.17) is 9.72 Å². The van der Waals surface area contributed by atoms with E-state index in [1.807, 2.05) is 42.5 Å². The van der Waals surface area contributed by atoms with Crippen LogP contribution in [0.1, 0.15) is 32.0 Å². The highest BCUT2D eigenvalue weighted by molar-refractivity contribution is 9.10. The molecule has 3 rings (SSSR count). The van der Waals surface area contributed by atoms with Crippen LogP contribution >= 0.6 is 15.9 Å². The third kappa shape index (κ3) is 4.22. The molecule has 1 heterocycles. The van der Waals surface area contributed by atoms with Crippen LogP contribution in [0.25, 0.3) is 11.0 Å². The van der Waals surface area contributed by atoms with Gasteiger partial charge in [-0.15, -0.1) is 0 Å². The van der Waals surface area contributed by atoms with E-state index < -0.39 is 6.10 Å². The van der Waals surface area contributed by atoms with Crippen LogP contribution in [-0.2, 0) is 6.54 Å². The maximum atomic E-state index is 10.5. The Morgan fingerprint density at radius 1 is 1.16 bits per heavy atom. The molecule has 2 unspecified atom stereocenters. The summed E-state index contributed by atoms with van der Waals surface area (Å²) in [4.78, 5) is 4.77. The molecule has 4 nitrogen and oxygen atoms in total. The number of hydrogen-bond donors (Lipinski definition) is 1. The third-order valence-electron chi connectivity index (χ3n) is 4.39. The first-order valence-electron chi connectivity index (χ1n) is 8.60. The molecule has 25 heavy (non-hydrogen) atoms. The molecule has 0 amide bonds. The van der Waals surface area contributed by atoms with Crippen molar-refractivity contribution in [2.75, 3.05) is 6.61 Å². The van der Waals surface area contributed by atoms with Crippen molar-refractivity contribution in [3.63, 3.8) is 0 Å². The van der Waals surface area contributed by atoms with Crippen LogP contribution < -0.4 is 4.74 Å². The summed E-state index contributed by atoms with van der Waals surface area (Å²) in [6.45, 7) is 5.04. The number of aliphatic hydroxyl groups excluding tert-OH is 1. The number of imidazole rings is 1. The molecule has 0 saturated carbocycles. The van der Waals surface area contributed by atoms with E-state index in [0.29, 0.717) is 12.5 Å². The number of ether oxygens (including phenoxy) is 1. The van der Waals surface area contributed by atoms with Gasteiger partial charge in [0.1, 0.15) is 24.3 Å². The fourth-order valence-electron chi connectivity index (χ4n) is 2.83. The first-order valence-corrected chi connectivity index (χ1v) is 9.39. The van der Waals surface area contributed by atoms with Gasteiger partial charge in [0.15, 0.2) is 0 Å². The van der Waals surface area contributed by atoms with Crippen molar-refractivity contribution >= 4 is 27.0 Å². The van der Waals surface area contributed by atoms with Crippen molar-refractivity contribution in [2.24, 2.45) is 0 Å². The highest BCUT2D eigenvalue weighted by Crippen LogP contribution is 2.24. The van der Waals surface area contributed by atoms with E-state index in [1.54, 1.807) is 0 Å². The van der Waals surface area contributed by atoms with Crippen molar-refractivity contribution in [1.29, 1.82) is 0 Å². The summed E-state index contributed by atoms with van der Waals surface area (Å²) in [7, 11) is 0. The van der Waals surface area contributed by atoms with Gasteiger partial charge in [-0.3, -0.25) is 0 Å². The minimum Gasteiger partial charge on any atom is -0.491 e. The Labute approximate surface area is 156 Å². The summed E-state index contributed by atoms with van der Waals surface area (Å²) < 4.78 is 8.83. The number of nitrogens with zero attached hydrogens (tertiary/aromatic N) is 2. The summed E-state index contributed by atoms with van der Waals surface area (Å²) in [6, 6.07) is 15.7. The van der Waals surface area contributed by atoms with Gasteiger partial charge in [-0.05, 0) is 42.8 Å². The number of fused-ring (bicyclic) bond motifs is 1. The number of aliphatic hydroxyl groups is 1. The molecule has 0 radical (unpaired) electrons. The smallest absolute Gasteiger partial charge is 0.119 e. The van der Waals surface area contributed by atoms with Gasteiger partial charge in [-0.1, -0.05) is 41.9 Å². The number of aromatic nitrogens is 2. The Balaban J connectivity index is 1.75. The van der Waals surface area contributed by atoms with Crippen LogP contribution in [0, 0.1) is 0 Å². The number of rotatable bonds is 7. The van der Waals surface area contributed by atoms with Gasteiger partial charge in [0.2, 0.25) is 0 Å². The topological polar surface area (TPSA) is 47.3 Å². The van der Waals surface area contributed by atoms with Gasteiger partial charge < -0.3 is 14.4 Å². The van der Waals surface area contributed by atoms with Gasteiger partial charge in [0.05, 0.1) is 17.6 Å². The predicted octanol–water partition coefficient (Wildman–Crippen LogP) is 4.75. The minimum atomic E-state index is -0.607. The molecule has 0 aliphatic rings. The van der Waals surface area contributed by atoms with Crippen molar-refractivity contribution < 1.29 is 9.84 Å². The maximum Gasteiger partial charge on any atom is 0.119 e. The highest BCUT2D eigenvalue weighted by Gasteiger charge is 2.18. The summed E-state index contributed by atoms with van der Waals surface area (Å²) in [5.41, 5.74) is 2.03. The number of benzene rings is 2. The normalized spacial score (nSPS) is 13.8. The first kappa shape index (κ1) is 18.0. The number of hydrogen-bond acceptors (Lipinski definition) is 3. The third-order valence-corrected chi connectivity index (χ3v) is 4.92. The van der Waals surface area contributed by atoms with Crippen molar-refractivity contribution in [2.45, 2.75) is 38.8 Å². The monoisotopic (exact) mass is 402 g/mol. The zero-order chi connectivity index (χ0) is 17.8. The van der Waals surface area contributed by atoms with E-state index in [2.05, 4.69) is 40.4 Å². The molecule has 132 valence electrons. The van der Waals surface area contributed by atoms with E-state index in [1.165, 1.54) is 0 Å². The van der Waals surface area contributed by atoms with Crippen LogP contribution in [0.2, 0.25) is 0 Å². The Morgan fingerprint density at radius 3 is 2.60 bits per heavy atom. The lowest BCUT2D eigenvalue weighted by atomic mass is 10.1. The molecule has 0 aliphatic carbocycles. The lowest BCUT2D eigenvalue weighted by molar-refractivity contribution is 0.0924. The summed E-state index contributed by atoms with van der Waals surface area (Å²) in [5.74, 6) is 2.11. The van der Waals surface area contributed by atoms with Gasteiger partial charge in [0, 0.05) is 10.4 Å². The number of para-hydroxylation sites is 2. The Bertz CT molecular complexity index is 829. The van der Waals surface area contributed by atoms with E-state index in [0.717, 1.165) is 33.5 Å². The molecule has 3 aromatic rings. The van der Waals surface area contributed by atoms with E-state index >= 15 is 0 Å². The minimum absolute atomic E-state index is 0.244. The molecule has 0 aliphatic heterocycles. The molecule has 0 bridgehead atoms. The zero-order valence-corrected chi connectivity index (χ0v) is 16.1. The van der Waals surface area contributed by atoms with Crippen molar-refractivity contribution in [1.82, 2.24) is 9.55 Å². The second-order valence-corrected chi connectivity index (χ2v) is 7.21. The van der Waals surface area contributed by atoms with Crippen molar-refractivity contribution in [3.05, 3.63) is 58.8 Å². The summed E-state index contributed by atoms with van der Waals surface area (Å²) in [6.07, 6.45) is 0.401. The van der Waals surface area contributed by atoms with Crippen LogP contribution in [0.3, 0.4) is 0 Å². The average molecular weight is 403 g/mol. The van der Waals surface area contributed by atoms with Crippen LogP contribution in [0.5, 0.6) is 5.75 Å². The molecular formula is C20H23BrN2O2. The van der Waals surface area contributed by atoms with Gasteiger partial charge in [-0.25, -0.2) is 4.98 Å². The van der Waals surface area contributed by atoms with E-state index in [9.17, 15) is 5.11 Å².